The van der Waals surface area contributed by atoms with Gasteiger partial charge in [-0.25, -0.2) is 9.37 Å². The van der Waals surface area contributed by atoms with Crippen LogP contribution in [0, 0.1) is 12.7 Å². The summed E-state index contributed by atoms with van der Waals surface area (Å²) in [4.78, 5) is 20.5. The van der Waals surface area contributed by atoms with Crippen molar-refractivity contribution in [3.63, 3.8) is 0 Å². The lowest BCUT2D eigenvalue weighted by molar-refractivity contribution is -0.121. The predicted molar refractivity (Wildman–Crippen MR) is 106 cm³/mol. The molecule has 0 saturated carbocycles. The number of nitrogens with zero attached hydrogens (tertiary/aromatic N) is 4. The molecule has 0 spiro atoms. The number of rotatable bonds is 7. The summed E-state index contributed by atoms with van der Waals surface area (Å²) in [6, 6.07) is 6.78. The molecule has 7 nitrogen and oxygen atoms in total. The van der Waals surface area contributed by atoms with Gasteiger partial charge in [0.05, 0.1) is 5.69 Å². The maximum Gasteiger partial charge on any atom is 0.227 e. The second-order valence-corrected chi connectivity index (χ2v) is 7.21. The Morgan fingerprint density at radius 1 is 1.34 bits per heavy atom. The van der Waals surface area contributed by atoms with Crippen molar-refractivity contribution in [3.05, 3.63) is 70.5 Å². The smallest absolute Gasteiger partial charge is 0.227 e. The van der Waals surface area contributed by atoms with Gasteiger partial charge in [0.1, 0.15) is 11.6 Å². The summed E-state index contributed by atoms with van der Waals surface area (Å²) < 4.78 is 21.3. The molecule has 4 aromatic rings. The summed E-state index contributed by atoms with van der Waals surface area (Å²) in [6.45, 7) is 2.04. The zero-order valence-electron chi connectivity index (χ0n) is 15.6. The molecule has 0 atom stereocenters. The maximum absolute atomic E-state index is 14.4. The van der Waals surface area contributed by atoms with Crippen molar-refractivity contribution < 1.29 is 13.7 Å². The largest absolute Gasteiger partial charge is 0.352 e. The van der Waals surface area contributed by atoms with Gasteiger partial charge in [0, 0.05) is 42.7 Å². The molecule has 4 rings (SSSR count). The fraction of sp³-hybridized carbons (Fsp3) is 0.200. The molecule has 9 heteroatoms. The molecule has 1 aromatic carbocycles. The van der Waals surface area contributed by atoms with Crippen molar-refractivity contribution in [2.24, 2.45) is 0 Å². The number of aromatic nitrogens is 4. The van der Waals surface area contributed by atoms with Crippen molar-refractivity contribution in [1.82, 2.24) is 25.0 Å². The molecule has 29 heavy (non-hydrogen) atoms. The van der Waals surface area contributed by atoms with Crippen LogP contribution >= 0.6 is 11.3 Å². The molecule has 1 amide bonds. The van der Waals surface area contributed by atoms with Crippen molar-refractivity contribution in [3.8, 4) is 17.1 Å². The number of benzene rings is 1. The molecule has 0 radical (unpaired) electrons. The minimum atomic E-state index is -0.371. The van der Waals surface area contributed by atoms with Crippen molar-refractivity contribution in [2.75, 3.05) is 0 Å². The van der Waals surface area contributed by atoms with Crippen LogP contribution in [0.3, 0.4) is 0 Å². The zero-order chi connectivity index (χ0) is 20.2. The topological polar surface area (TPSA) is 85.8 Å². The van der Waals surface area contributed by atoms with E-state index in [2.05, 4.69) is 20.4 Å². The fourth-order valence-electron chi connectivity index (χ4n) is 2.86. The van der Waals surface area contributed by atoms with E-state index in [1.807, 2.05) is 16.8 Å². The Labute approximate surface area is 170 Å². The van der Waals surface area contributed by atoms with Gasteiger partial charge in [-0.05, 0) is 36.1 Å². The van der Waals surface area contributed by atoms with Gasteiger partial charge in [-0.15, -0.1) is 0 Å². The van der Waals surface area contributed by atoms with Gasteiger partial charge in [-0.1, -0.05) is 11.2 Å². The second-order valence-electron chi connectivity index (χ2n) is 6.43. The number of aryl methyl sites for hydroxylation is 2. The highest BCUT2D eigenvalue weighted by Crippen LogP contribution is 2.19. The molecule has 0 saturated heterocycles. The van der Waals surface area contributed by atoms with Gasteiger partial charge >= 0.3 is 0 Å². The van der Waals surface area contributed by atoms with Crippen LogP contribution in [-0.2, 0) is 17.8 Å². The fourth-order valence-corrected chi connectivity index (χ4v) is 3.50. The third kappa shape index (κ3) is 4.40. The minimum absolute atomic E-state index is 0.171. The third-order valence-corrected chi connectivity index (χ3v) is 5.08. The van der Waals surface area contributed by atoms with Crippen molar-refractivity contribution >= 4 is 17.2 Å². The summed E-state index contributed by atoms with van der Waals surface area (Å²) in [6.07, 6.45) is 3.88. The van der Waals surface area contributed by atoms with Crippen molar-refractivity contribution in [1.29, 1.82) is 0 Å². The number of hydrogen-bond acceptors (Lipinski definition) is 6. The van der Waals surface area contributed by atoms with Crippen LogP contribution in [0.15, 0.2) is 51.9 Å². The molecular weight excluding hydrogens is 393 g/mol. The number of carbonyl (C=O) groups excluding carboxylic acids is 1. The Morgan fingerprint density at radius 3 is 2.97 bits per heavy atom. The predicted octanol–water partition coefficient (Wildman–Crippen LogP) is 3.68. The number of amides is 1. The monoisotopic (exact) mass is 411 g/mol. The lowest BCUT2D eigenvalue weighted by atomic mass is 10.2. The molecule has 3 aromatic heterocycles. The molecule has 3 heterocycles. The van der Waals surface area contributed by atoms with Crippen LogP contribution in [0.2, 0.25) is 0 Å². The Morgan fingerprint density at radius 2 is 2.24 bits per heavy atom. The van der Waals surface area contributed by atoms with Gasteiger partial charge in [0.2, 0.25) is 17.6 Å². The Balaban J connectivity index is 1.30. The van der Waals surface area contributed by atoms with Gasteiger partial charge in [0.25, 0.3) is 0 Å². The van der Waals surface area contributed by atoms with Gasteiger partial charge in [-0.3, -0.25) is 4.79 Å². The molecule has 0 fully saturated rings. The highest BCUT2D eigenvalue weighted by molar-refractivity contribution is 7.08. The molecular formula is C20H18FN5O2S. The molecule has 0 aliphatic rings. The number of carbonyl (C=O) groups is 1. The summed E-state index contributed by atoms with van der Waals surface area (Å²) >= 11 is 1.55. The summed E-state index contributed by atoms with van der Waals surface area (Å²) in [7, 11) is 0. The Hall–Kier alpha value is -3.33. The van der Waals surface area contributed by atoms with Crippen LogP contribution in [0.25, 0.3) is 17.1 Å². The Bertz CT molecular complexity index is 1120. The first kappa shape index (κ1) is 19.0. The zero-order valence-corrected chi connectivity index (χ0v) is 16.4. The van der Waals surface area contributed by atoms with Crippen LogP contribution < -0.4 is 5.32 Å². The van der Waals surface area contributed by atoms with Gasteiger partial charge in [-0.2, -0.15) is 16.3 Å². The SMILES string of the molecule is Cc1nccn1-c1ccc(CNC(=O)CCc2nc(-c3ccsc3)no2)cc1F. The lowest BCUT2D eigenvalue weighted by Gasteiger charge is -2.09. The van der Waals surface area contributed by atoms with E-state index < -0.39 is 0 Å². The number of nitrogens with one attached hydrogen (secondary N) is 1. The van der Waals surface area contributed by atoms with Crippen LogP contribution in [-0.4, -0.2) is 25.6 Å². The van der Waals surface area contributed by atoms with Crippen molar-refractivity contribution in [2.45, 2.75) is 26.3 Å². The quantitative estimate of drug-likeness (QED) is 0.501. The van der Waals surface area contributed by atoms with E-state index in [4.69, 9.17) is 4.52 Å². The summed E-state index contributed by atoms with van der Waals surface area (Å²) in [5, 5.41) is 10.6. The van der Waals surface area contributed by atoms with E-state index in [0.29, 0.717) is 35.2 Å². The van der Waals surface area contributed by atoms with E-state index in [9.17, 15) is 9.18 Å². The first-order chi connectivity index (χ1) is 14.1. The lowest BCUT2D eigenvalue weighted by Crippen LogP contribution is -2.23. The molecule has 1 N–H and O–H groups in total. The average Bonchev–Trinajstić information content (AvgIpc) is 3.46. The number of hydrogen-bond donors (Lipinski definition) is 1. The minimum Gasteiger partial charge on any atom is -0.352 e. The van der Waals surface area contributed by atoms with E-state index >= 15 is 0 Å². The van der Waals surface area contributed by atoms with E-state index in [-0.39, 0.29) is 24.7 Å². The normalized spacial score (nSPS) is 11.0. The average molecular weight is 411 g/mol. The van der Waals surface area contributed by atoms with E-state index in [0.717, 1.165) is 5.56 Å². The first-order valence-electron chi connectivity index (χ1n) is 9.01. The third-order valence-electron chi connectivity index (χ3n) is 4.40. The second kappa shape index (κ2) is 8.36. The molecule has 0 unspecified atom stereocenters. The van der Waals surface area contributed by atoms with Crippen LogP contribution in [0.1, 0.15) is 23.7 Å². The molecule has 0 aliphatic carbocycles. The number of halogens is 1. The Kier molecular flexibility index (Phi) is 5.48. The standard InChI is InChI=1S/C20H18FN5O2S/c1-13-22-7-8-26(13)17-3-2-14(10-16(17)21)11-23-18(27)4-5-19-24-20(25-28-19)15-6-9-29-12-15/h2-3,6-10,12H,4-5,11H2,1H3,(H,23,27). The highest BCUT2D eigenvalue weighted by Gasteiger charge is 2.12. The molecule has 0 bridgehead atoms. The number of imidazole rings is 1. The van der Waals surface area contributed by atoms with Gasteiger partial charge < -0.3 is 14.4 Å². The maximum atomic E-state index is 14.4. The molecule has 0 aliphatic heterocycles. The van der Waals surface area contributed by atoms with Crippen LogP contribution in [0.4, 0.5) is 4.39 Å². The molecule has 148 valence electrons. The van der Waals surface area contributed by atoms with Crippen LogP contribution in [0.5, 0.6) is 0 Å². The summed E-state index contributed by atoms with van der Waals surface area (Å²) in [5.41, 5.74) is 1.99. The summed E-state index contributed by atoms with van der Waals surface area (Å²) in [5.74, 6) is 1.09. The first-order valence-corrected chi connectivity index (χ1v) is 9.95. The van der Waals surface area contributed by atoms with Gasteiger partial charge in [0.15, 0.2) is 0 Å². The number of thiophene rings is 1. The highest BCUT2D eigenvalue weighted by atomic mass is 32.1. The van der Waals surface area contributed by atoms with E-state index in [1.54, 1.807) is 47.4 Å². The van der Waals surface area contributed by atoms with E-state index in [1.165, 1.54) is 6.07 Å².